The average Bonchev–Trinajstić information content (AvgIpc) is 2.68. The van der Waals surface area contributed by atoms with Crippen molar-refractivity contribution in [3.05, 3.63) is 35.7 Å². The predicted molar refractivity (Wildman–Crippen MR) is 100 cm³/mol. The Bertz CT molecular complexity index is 847. The van der Waals surface area contributed by atoms with Crippen LogP contribution in [0.3, 0.4) is 0 Å². The third kappa shape index (κ3) is 4.22. The summed E-state index contributed by atoms with van der Waals surface area (Å²) in [5.41, 5.74) is 4.95. The molecule has 0 aliphatic carbocycles. The van der Waals surface area contributed by atoms with Gasteiger partial charge in [0.25, 0.3) is 5.91 Å². The van der Waals surface area contributed by atoms with Crippen LogP contribution in [0.25, 0.3) is 0 Å². The molecule has 10 nitrogen and oxygen atoms in total. The molecule has 3 rings (SSSR count). The van der Waals surface area contributed by atoms with Crippen LogP contribution in [0.5, 0.6) is 0 Å². The Balaban J connectivity index is 1.62. The van der Waals surface area contributed by atoms with Gasteiger partial charge in [-0.2, -0.15) is 0 Å². The maximum atomic E-state index is 12.5. The number of thioether (sulfide) groups is 2. The Morgan fingerprint density at radius 2 is 2.21 bits per heavy atom. The number of β-lactam (4-membered cyclic amide) rings is 1. The van der Waals surface area contributed by atoms with E-state index in [9.17, 15) is 24.3 Å². The lowest BCUT2D eigenvalue weighted by molar-refractivity contribution is -0.150. The number of carbonyl (C=O) groups excluding carboxylic acids is 3. The molecule has 3 heterocycles. The first-order valence-corrected chi connectivity index (χ1v) is 10.1. The zero-order valence-corrected chi connectivity index (χ0v) is 16.0. The van der Waals surface area contributed by atoms with Gasteiger partial charge in [0.1, 0.15) is 23.7 Å². The van der Waals surface area contributed by atoms with E-state index >= 15 is 0 Å². The Hall–Kier alpha value is -2.73. The van der Waals surface area contributed by atoms with Gasteiger partial charge < -0.3 is 20.9 Å². The third-order valence-electron chi connectivity index (χ3n) is 3.94. The highest BCUT2D eigenvalue weighted by Crippen LogP contribution is 2.40. The minimum absolute atomic E-state index is 0.0809. The van der Waals surface area contributed by atoms with Gasteiger partial charge in [-0.05, 0) is 12.1 Å². The zero-order chi connectivity index (χ0) is 20.3. The quantitative estimate of drug-likeness (QED) is 0.406. The summed E-state index contributed by atoms with van der Waals surface area (Å²) >= 11 is 2.51. The summed E-state index contributed by atoms with van der Waals surface area (Å²) in [6, 6.07) is 4.53. The highest BCUT2D eigenvalue weighted by Gasteiger charge is 2.54. The summed E-state index contributed by atoms with van der Waals surface area (Å²) in [5.74, 6) is -1.87. The molecule has 28 heavy (non-hydrogen) atoms. The van der Waals surface area contributed by atoms with Crippen LogP contribution in [0, 0.1) is 0 Å². The number of carboxylic acid groups (broad SMARTS) is 1. The summed E-state index contributed by atoms with van der Waals surface area (Å²) in [4.78, 5) is 52.2. The molecule has 0 bridgehead atoms. The monoisotopic (exact) mass is 424 g/mol. The van der Waals surface area contributed by atoms with Crippen molar-refractivity contribution >= 4 is 47.4 Å². The third-order valence-corrected chi connectivity index (χ3v) is 6.23. The van der Waals surface area contributed by atoms with E-state index in [-0.39, 0.29) is 35.3 Å². The number of hydrogen-bond acceptors (Lipinski definition) is 8. The molecule has 1 unspecified atom stereocenters. The highest BCUT2D eigenvalue weighted by atomic mass is 32.2. The minimum Gasteiger partial charge on any atom is -0.477 e. The zero-order valence-electron chi connectivity index (χ0n) is 14.4. The van der Waals surface area contributed by atoms with Crippen molar-refractivity contribution in [2.75, 3.05) is 18.1 Å². The molecule has 148 valence electrons. The molecular formula is C16H16N4O6S2. The number of nitrogens with zero attached hydrogens (tertiary/aromatic N) is 2. The molecule has 2 atom stereocenters. The Labute approximate surface area is 167 Å². The Morgan fingerprint density at radius 1 is 1.43 bits per heavy atom. The first-order valence-electron chi connectivity index (χ1n) is 8.04. The molecule has 1 aromatic rings. The van der Waals surface area contributed by atoms with Crippen LogP contribution in [-0.4, -0.2) is 68.4 Å². The van der Waals surface area contributed by atoms with Gasteiger partial charge in [-0.25, -0.2) is 14.6 Å². The molecule has 0 aromatic carbocycles. The van der Waals surface area contributed by atoms with Crippen molar-refractivity contribution < 1.29 is 29.0 Å². The molecule has 2 aliphatic rings. The molecule has 2 aliphatic heterocycles. The molecule has 12 heteroatoms. The van der Waals surface area contributed by atoms with E-state index in [0.717, 1.165) is 4.90 Å². The number of aliphatic carboxylic acids is 1. The number of rotatable bonds is 7. The fourth-order valence-electron chi connectivity index (χ4n) is 2.74. The van der Waals surface area contributed by atoms with Crippen LogP contribution in [0.1, 0.15) is 0 Å². The van der Waals surface area contributed by atoms with Gasteiger partial charge in [-0.15, -0.1) is 11.8 Å². The van der Waals surface area contributed by atoms with Crippen LogP contribution in [0.4, 0.5) is 4.79 Å². The van der Waals surface area contributed by atoms with Gasteiger partial charge in [0, 0.05) is 17.5 Å². The molecule has 0 spiro atoms. The number of pyridine rings is 1. The van der Waals surface area contributed by atoms with E-state index in [2.05, 4.69) is 15.0 Å². The van der Waals surface area contributed by atoms with Gasteiger partial charge in [-0.1, -0.05) is 17.8 Å². The molecule has 4 N–H and O–H groups in total. The fourth-order valence-corrected chi connectivity index (χ4v) is 4.74. The minimum atomic E-state index is -1.31. The number of carbonyl (C=O) groups is 4. The maximum Gasteiger partial charge on any atom is 0.404 e. The summed E-state index contributed by atoms with van der Waals surface area (Å²) in [5, 5.41) is 12.3. The fraction of sp³-hybridized carbons (Fsp3) is 0.312. The van der Waals surface area contributed by atoms with E-state index in [1.807, 2.05) is 0 Å². The first-order chi connectivity index (χ1) is 13.4. The van der Waals surface area contributed by atoms with Crippen LogP contribution < -0.4 is 11.1 Å². The normalized spacial score (nSPS) is 20.9. The number of aromatic nitrogens is 1. The van der Waals surface area contributed by atoms with Crippen LogP contribution in [-0.2, 0) is 19.1 Å². The average molecular weight is 424 g/mol. The lowest BCUT2D eigenvalue weighted by Crippen LogP contribution is -2.70. The molecule has 0 saturated carbocycles. The Morgan fingerprint density at radius 3 is 2.86 bits per heavy atom. The van der Waals surface area contributed by atoms with Crippen molar-refractivity contribution in [3.8, 4) is 0 Å². The van der Waals surface area contributed by atoms with Gasteiger partial charge >= 0.3 is 12.1 Å². The largest absolute Gasteiger partial charge is 0.477 e. The van der Waals surface area contributed by atoms with Crippen LogP contribution in [0.15, 0.2) is 40.7 Å². The second-order valence-electron chi connectivity index (χ2n) is 5.78. The van der Waals surface area contributed by atoms with Gasteiger partial charge in [0.15, 0.2) is 0 Å². The molecule has 3 amide bonds. The number of primary amides is 1. The van der Waals surface area contributed by atoms with Crippen molar-refractivity contribution in [3.63, 3.8) is 0 Å². The molecule has 1 fully saturated rings. The summed E-state index contributed by atoms with van der Waals surface area (Å²) in [6.07, 6.45) is 0.584. The van der Waals surface area contributed by atoms with E-state index < -0.39 is 29.4 Å². The van der Waals surface area contributed by atoms with Crippen molar-refractivity contribution in [1.82, 2.24) is 15.2 Å². The number of fused-ring (bicyclic) bond motifs is 1. The van der Waals surface area contributed by atoms with Gasteiger partial charge in [0.2, 0.25) is 5.91 Å². The SMILES string of the molecule is NC(=O)OCC1=C(C(=O)O)N2C(=O)C(NC(=O)CSc3ccccn3)[C@H]2SC1. The van der Waals surface area contributed by atoms with E-state index in [0.29, 0.717) is 5.03 Å². The number of ether oxygens (including phenoxy) is 1. The molecular weight excluding hydrogens is 408 g/mol. The maximum absolute atomic E-state index is 12.5. The Kier molecular flexibility index (Phi) is 6.09. The van der Waals surface area contributed by atoms with Crippen molar-refractivity contribution in [2.24, 2.45) is 5.73 Å². The second-order valence-corrected chi connectivity index (χ2v) is 7.88. The van der Waals surface area contributed by atoms with Crippen LogP contribution >= 0.6 is 23.5 Å². The standard InChI is InChI=1S/C16H16N4O6S2/c17-16(25)26-5-8-6-28-14-11(13(22)20(14)12(8)15(23)24)19-9(21)7-27-10-3-1-2-4-18-10/h1-4,11,14H,5-7H2,(H2,17,25)(H,19,21)(H,23,24)/t11?,14-/m1/s1. The van der Waals surface area contributed by atoms with Crippen molar-refractivity contribution in [1.29, 1.82) is 0 Å². The van der Waals surface area contributed by atoms with Gasteiger partial charge in [-0.3, -0.25) is 14.5 Å². The number of nitrogens with one attached hydrogen (secondary N) is 1. The smallest absolute Gasteiger partial charge is 0.404 e. The van der Waals surface area contributed by atoms with Gasteiger partial charge in [0.05, 0.1) is 10.8 Å². The predicted octanol–water partition coefficient (Wildman–Crippen LogP) is 0.00760. The summed E-state index contributed by atoms with van der Waals surface area (Å²) in [6.45, 7) is -0.307. The van der Waals surface area contributed by atoms with E-state index in [4.69, 9.17) is 5.73 Å². The second kappa shape index (κ2) is 8.52. The highest BCUT2D eigenvalue weighted by molar-refractivity contribution is 8.00. The van der Waals surface area contributed by atoms with Crippen molar-refractivity contribution in [2.45, 2.75) is 16.4 Å². The summed E-state index contributed by atoms with van der Waals surface area (Å²) < 4.78 is 4.66. The molecule has 1 saturated heterocycles. The lowest BCUT2D eigenvalue weighted by atomic mass is 10.0. The number of carboxylic acids is 1. The molecule has 0 radical (unpaired) electrons. The first kappa shape index (κ1) is 20.0. The topological polar surface area (TPSA) is 152 Å². The number of amides is 3. The molecule has 1 aromatic heterocycles. The lowest BCUT2D eigenvalue weighted by Gasteiger charge is -2.49. The summed E-state index contributed by atoms with van der Waals surface area (Å²) in [7, 11) is 0. The number of hydrogen-bond donors (Lipinski definition) is 3. The van der Waals surface area contributed by atoms with Crippen LogP contribution in [0.2, 0.25) is 0 Å². The van der Waals surface area contributed by atoms with E-state index in [1.165, 1.54) is 23.5 Å². The number of nitrogens with two attached hydrogens (primary N) is 1. The van der Waals surface area contributed by atoms with E-state index in [1.54, 1.807) is 24.4 Å².